The fourth-order valence-corrected chi connectivity index (χ4v) is 1.08. The van der Waals surface area contributed by atoms with Crippen LogP contribution in [0.15, 0.2) is 29.3 Å². The SMILES string of the molecule is CCOc1cccc(/C=N/CCO)c1. The van der Waals surface area contributed by atoms with Crippen molar-refractivity contribution in [1.29, 1.82) is 0 Å². The quantitative estimate of drug-likeness (QED) is 0.720. The summed E-state index contributed by atoms with van der Waals surface area (Å²) in [5.74, 6) is 0.848. The van der Waals surface area contributed by atoms with Gasteiger partial charge >= 0.3 is 0 Å². The number of rotatable bonds is 5. The summed E-state index contributed by atoms with van der Waals surface area (Å²) < 4.78 is 5.34. The molecule has 0 atom stereocenters. The van der Waals surface area contributed by atoms with E-state index in [1.807, 2.05) is 31.2 Å². The van der Waals surface area contributed by atoms with Gasteiger partial charge < -0.3 is 9.84 Å². The Labute approximate surface area is 84.1 Å². The van der Waals surface area contributed by atoms with E-state index in [1.54, 1.807) is 6.21 Å². The molecule has 0 aliphatic rings. The first-order valence-corrected chi connectivity index (χ1v) is 4.70. The van der Waals surface area contributed by atoms with Crippen LogP contribution in [-0.4, -0.2) is 31.1 Å². The van der Waals surface area contributed by atoms with Gasteiger partial charge in [0.25, 0.3) is 0 Å². The number of benzene rings is 1. The third-order valence-corrected chi connectivity index (χ3v) is 1.64. The summed E-state index contributed by atoms with van der Waals surface area (Å²) in [5.41, 5.74) is 0.990. The molecule has 0 saturated heterocycles. The molecule has 3 heteroatoms. The van der Waals surface area contributed by atoms with Gasteiger partial charge in [0, 0.05) is 6.21 Å². The minimum atomic E-state index is 0.0850. The van der Waals surface area contributed by atoms with Gasteiger partial charge in [-0.05, 0) is 24.6 Å². The second-order valence-electron chi connectivity index (χ2n) is 2.76. The molecule has 0 spiro atoms. The van der Waals surface area contributed by atoms with Crippen LogP contribution in [0.4, 0.5) is 0 Å². The number of hydrogen-bond acceptors (Lipinski definition) is 3. The Morgan fingerprint density at radius 3 is 3.07 bits per heavy atom. The topological polar surface area (TPSA) is 41.8 Å². The summed E-state index contributed by atoms with van der Waals surface area (Å²) in [6.45, 7) is 3.14. The predicted molar refractivity (Wildman–Crippen MR) is 57.2 cm³/mol. The highest BCUT2D eigenvalue weighted by molar-refractivity contribution is 5.80. The zero-order valence-corrected chi connectivity index (χ0v) is 8.31. The third-order valence-electron chi connectivity index (χ3n) is 1.64. The van der Waals surface area contributed by atoms with E-state index in [2.05, 4.69) is 4.99 Å². The Morgan fingerprint density at radius 1 is 1.50 bits per heavy atom. The van der Waals surface area contributed by atoms with Crippen LogP contribution in [-0.2, 0) is 0 Å². The van der Waals surface area contributed by atoms with Gasteiger partial charge in [-0.1, -0.05) is 12.1 Å². The molecule has 0 unspecified atom stereocenters. The minimum Gasteiger partial charge on any atom is -0.494 e. The van der Waals surface area contributed by atoms with E-state index in [4.69, 9.17) is 9.84 Å². The Kier molecular flexibility index (Phi) is 4.72. The van der Waals surface area contributed by atoms with Crippen molar-refractivity contribution in [3.63, 3.8) is 0 Å². The predicted octanol–water partition coefficient (Wildman–Crippen LogP) is 1.50. The van der Waals surface area contributed by atoms with Crippen LogP contribution in [0.5, 0.6) is 5.75 Å². The molecule has 14 heavy (non-hydrogen) atoms. The van der Waals surface area contributed by atoms with Gasteiger partial charge in [-0.25, -0.2) is 0 Å². The third kappa shape index (κ3) is 3.58. The molecule has 0 fully saturated rings. The molecule has 0 aliphatic carbocycles. The van der Waals surface area contributed by atoms with E-state index in [0.29, 0.717) is 13.2 Å². The standard InChI is InChI=1S/C11H15NO2/c1-2-14-11-5-3-4-10(8-11)9-12-6-7-13/h3-5,8-9,13H,2,6-7H2,1H3/b12-9+. The van der Waals surface area contributed by atoms with E-state index in [1.165, 1.54) is 0 Å². The van der Waals surface area contributed by atoms with Crippen LogP contribution >= 0.6 is 0 Å². The van der Waals surface area contributed by atoms with Crippen molar-refractivity contribution in [2.75, 3.05) is 19.8 Å². The highest BCUT2D eigenvalue weighted by Crippen LogP contribution is 2.11. The lowest BCUT2D eigenvalue weighted by molar-refractivity contribution is 0.307. The molecule has 0 heterocycles. The summed E-state index contributed by atoms with van der Waals surface area (Å²) in [5, 5.41) is 8.54. The van der Waals surface area contributed by atoms with Gasteiger partial charge in [0.1, 0.15) is 5.75 Å². The molecular formula is C11H15NO2. The van der Waals surface area contributed by atoms with Crippen molar-refractivity contribution < 1.29 is 9.84 Å². The largest absolute Gasteiger partial charge is 0.494 e. The van der Waals surface area contributed by atoms with Gasteiger partial charge in [0.05, 0.1) is 19.8 Å². The lowest BCUT2D eigenvalue weighted by Crippen LogP contribution is -1.93. The molecule has 0 bridgehead atoms. The average Bonchev–Trinajstić information content (AvgIpc) is 2.19. The van der Waals surface area contributed by atoms with Gasteiger partial charge in [-0.2, -0.15) is 0 Å². The lowest BCUT2D eigenvalue weighted by Gasteiger charge is -2.02. The summed E-state index contributed by atoms with van der Waals surface area (Å²) in [4.78, 5) is 4.03. The van der Waals surface area contributed by atoms with Crippen LogP contribution in [0.3, 0.4) is 0 Å². The molecule has 1 rings (SSSR count). The molecule has 0 radical (unpaired) electrons. The van der Waals surface area contributed by atoms with E-state index >= 15 is 0 Å². The molecule has 3 nitrogen and oxygen atoms in total. The van der Waals surface area contributed by atoms with Crippen LogP contribution < -0.4 is 4.74 Å². The molecule has 1 aromatic rings. The maximum Gasteiger partial charge on any atom is 0.119 e. The van der Waals surface area contributed by atoms with Crippen molar-refractivity contribution in [3.8, 4) is 5.75 Å². The molecule has 0 aromatic heterocycles. The van der Waals surface area contributed by atoms with Crippen molar-refractivity contribution >= 4 is 6.21 Å². The van der Waals surface area contributed by atoms with Gasteiger partial charge in [-0.15, -0.1) is 0 Å². The first kappa shape index (κ1) is 10.7. The highest BCUT2D eigenvalue weighted by atomic mass is 16.5. The maximum atomic E-state index is 8.54. The Morgan fingerprint density at radius 2 is 2.36 bits per heavy atom. The van der Waals surface area contributed by atoms with Gasteiger partial charge in [0.2, 0.25) is 0 Å². The van der Waals surface area contributed by atoms with Gasteiger partial charge in [-0.3, -0.25) is 4.99 Å². The number of aliphatic hydroxyl groups is 1. The number of aliphatic imine (C=N–C) groups is 1. The lowest BCUT2D eigenvalue weighted by atomic mass is 10.2. The second-order valence-corrected chi connectivity index (χ2v) is 2.76. The number of nitrogens with zero attached hydrogens (tertiary/aromatic N) is 1. The summed E-state index contributed by atoms with van der Waals surface area (Å²) in [7, 11) is 0. The highest BCUT2D eigenvalue weighted by Gasteiger charge is 1.92. The van der Waals surface area contributed by atoms with E-state index in [0.717, 1.165) is 11.3 Å². The molecule has 0 saturated carbocycles. The first-order chi connectivity index (χ1) is 6.86. The number of hydrogen-bond donors (Lipinski definition) is 1. The van der Waals surface area contributed by atoms with Crippen molar-refractivity contribution in [2.45, 2.75) is 6.92 Å². The molecule has 0 amide bonds. The van der Waals surface area contributed by atoms with E-state index < -0.39 is 0 Å². The number of ether oxygens (including phenoxy) is 1. The smallest absolute Gasteiger partial charge is 0.119 e. The van der Waals surface area contributed by atoms with Crippen LogP contribution in [0, 0.1) is 0 Å². The molecule has 76 valence electrons. The van der Waals surface area contributed by atoms with Crippen molar-refractivity contribution in [1.82, 2.24) is 0 Å². The molecular weight excluding hydrogens is 178 g/mol. The van der Waals surface area contributed by atoms with Crippen LogP contribution in [0.1, 0.15) is 12.5 Å². The number of aliphatic hydroxyl groups excluding tert-OH is 1. The second kappa shape index (κ2) is 6.16. The summed E-state index contributed by atoms with van der Waals surface area (Å²) >= 11 is 0. The van der Waals surface area contributed by atoms with Crippen molar-refractivity contribution in [3.05, 3.63) is 29.8 Å². The fraction of sp³-hybridized carbons (Fsp3) is 0.364. The van der Waals surface area contributed by atoms with Crippen LogP contribution in [0.25, 0.3) is 0 Å². The van der Waals surface area contributed by atoms with Crippen molar-refractivity contribution in [2.24, 2.45) is 4.99 Å². The zero-order valence-electron chi connectivity index (χ0n) is 8.31. The summed E-state index contributed by atoms with van der Waals surface area (Å²) in [6.07, 6.45) is 1.73. The normalized spacial score (nSPS) is 10.7. The van der Waals surface area contributed by atoms with E-state index in [9.17, 15) is 0 Å². The molecule has 1 aromatic carbocycles. The molecule has 0 aliphatic heterocycles. The average molecular weight is 193 g/mol. The Hall–Kier alpha value is -1.35. The Bertz CT molecular complexity index is 297. The maximum absolute atomic E-state index is 8.54. The first-order valence-electron chi connectivity index (χ1n) is 4.70. The molecule has 1 N–H and O–H groups in total. The van der Waals surface area contributed by atoms with Gasteiger partial charge in [0.15, 0.2) is 0 Å². The minimum absolute atomic E-state index is 0.0850. The fourth-order valence-electron chi connectivity index (χ4n) is 1.08. The van der Waals surface area contributed by atoms with Crippen LogP contribution in [0.2, 0.25) is 0 Å². The Balaban J connectivity index is 2.63. The summed E-state index contributed by atoms with van der Waals surface area (Å²) in [6, 6.07) is 7.70. The monoisotopic (exact) mass is 193 g/mol. The zero-order chi connectivity index (χ0) is 10.2. The van der Waals surface area contributed by atoms with E-state index in [-0.39, 0.29) is 6.61 Å².